The summed E-state index contributed by atoms with van der Waals surface area (Å²) < 4.78 is 187. The molecule has 2 aromatic carbocycles. The van der Waals surface area contributed by atoms with Crippen LogP contribution in [-0.2, 0) is 12.4 Å². The summed E-state index contributed by atoms with van der Waals surface area (Å²) in [5.74, 6) is -30.4. The lowest BCUT2D eigenvalue weighted by Crippen LogP contribution is -2.18. The Hall–Kier alpha value is -2.74. The number of hydrogen-bond acceptors (Lipinski definition) is 1. The Morgan fingerprint density at radius 2 is 0.655 bits per heavy atom. The molecule has 0 N–H and O–H groups in total. The SMILES string of the molecule is Fc1c(F)c(Oc2c(F)c(F)c(F)c(C(F)(F)F)c2F)c(F)c(C(F)(F)F)c1F. The Balaban J connectivity index is 2.86. The smallest absolute Gasteiger partial charge is 0.422 e. The highest BCUT2D eigenvalue weighted by Gasteiger charge is 2.45. The second kappa shape index (κ2) is 6.95. The van der Waals surface area contributed by atoms with Crippen molar-refractivity contribution in [3.8, 4) is 11.5 Å². The minimum absolute atomic E-state index is 2.77. The Kier molecular flexibility index (Phi) is 5.40. The lowest BCUT2D eigenvalue weighted by Gasteiger charge is -2.17. The Morgan fingerprint density at radius 1 is 0.379 bits per heavy atom. The topological polar surface area (TPSA) is 9.23 Å². The molecule has 0 unspecified atom stereocenters. The first kappa shape index (κ1) is 22.5. The van der Waals surface area contributed by atoms with E-state index in [1.807, 2.05) is 0 Å². The van der Waals surface area contributed by atoms with Gasteiger partial charge in [0.05, 0.1) is 0 Å². The fourth-order valence-electron chi connectivity index (χ4n) is 2.00. The van der Waals surface area contributed by atoms with Crippen LogP contribution in [0.15, 0.2) is 0 Å². The predicted molar refractivity (Wildman–Crippen MR) is 62.6 cm³/mol. The third-order valence-corrected chi connectivity index (χ3v) is 3.22. The van der Waals surface area contributed by atoms with E-state index in [2.05, 4.69) is 4.74 Å². The summed E-state index contributed by atoms with van der Waals surface area (Å²) >= 11 is 0. The standard InChI is InChI=1S/C14F14O/c15-3-1(13(23,24)25)5(17)11(9(21)7(3)19)29-12-6(18)2(14(26,27)28)4(16)8(20)10(12)22. The maximum Gasteiger partial charge on any atom is 0.422 e. The van der Waals surface area contributed by atoms with Gasteiger partial charge in [-0.05, 0) is 0 Å². The molecule has 0 saturated carbocycles. The highest BCUT2D eigenvalue weighted by Crippen LogP contribution is 2.44. The van der Waals surface area contributed by atoms with Gasteiger partial charge in [0.25, 0.3) is 0 Å². The van der Waals surface area contributed by atoms with E-state index in [1.54, 1.807) is 0 Å². The number of ether oxygens (including phenoxy) is 1. The zero-order chi connectivity index (χ0) is 22.6. The molecule has 2 rings (SSSR count). The molecule has 0 aromatic heterocycles. The number of benzene rings is 2. The van der Waals surface area contributed by atoms with Crippen LogP contribution in [0.2, 0.25) is 0 Å². The zero-order valence-corrected chi connectivity index (χ0v) is 12.7. The Bertz CT molecular complexity index is 909. The molecule has 0 atom stereocenters. The molecule has 2 aromatic rings. The minimum Gasteiger partial charge on any atom is -0.445 e. The molecular weight excluding hydrogens is 450 g/mol. The molecule has 0 aliphatic carbocycles. The number of halogens is 14. The molecule has 0 heterocycles. The van der Waals surface area contributed by atoms with E-state index in [0.717, 1.165) is 0 Å². The molecule has 0 amide bonds. The van der Waals surface area contributed by atoms with E-state index in [4.69, 9.17) is 0 Å². The van der Waals surface area contributed by atoms with Crippen LogP contribution in [0.5, 0.6) is 11.5 Å². The first-order valence-corrected chi connectivity index (χ1v) is 6.55. The van der Waals surface area contributed by atoms with E-state index in [0.29, 0.717) is 0 Å². The van der Waals surface area contributed by atoms with Crippen molar-refractivity contribution in [2.24, 2.45) is 0 Å². The molecule has 0 spiro atoms. The minimum atomic E-state index is -6.08. The van der Waals surface area contributed by atoms with Gasteiger partial charge < -0.3 is 4.74 Å². The van der Waals surface area contributed by atoms with Crippen LogP contribution in [0.4, 0.5) is 61.5 Å². The van der Waals surface area contributed by atoms with Crippen molar-refractivity contribution >= 4 is 0 Å². The third-order valence-electron chi connectivity index (χ3n) is 3.22. The van der Waals surface area contributed by atoms with Crippen LogP contribution < -0.4 is 4.74 Å². The second-order valence-electron chi connectivity index (χ2n) is 5.02. The summed E-state index contributed by atoms with van der Waals surface area (Å²) in [7, 11) is 0. The quantitative estimate of drug-likeness (QED) is 0.284. The lowest BCUT2D eigenvalue weighted by molar-refractivity contribution is -0.143. The van der Waals surface area contributed by atoms with Crippen molar-refractivity contribution in [1.82, 2.24) is 0 Å². The van der Waals surface area contributed by atoms with Gasteiger partial charge in [0.2, 0.25) is 23.1 Å². The number of alkyl halides is 6. The molecule has 0 fully saturated rings. The van der Waals surface area contributed by atoms with Crippen molar-refractivity contribution < 1.29 is 66.2 Å². The molecule has 0 radical (unpaired) electrons. The highest BCUT2D eigenvalue weighted by molar-refractivity contribution is 5.43. The van der Waals surface area contributed by atoms with E-state index in [-0.39, 0.29) is 0 Å². The fraction of sp³-hybridized carbons (Fsp3) is 0.143. The molecule has 0 saturated heterocycles. The first-order chi connectivity index (χ1) is 13.0. The van der Waals surface area contributed by atoms with Gasteiger partial charge in [0, 0.05) is 0 Å². The average Bonchev–Trinajstić information content (AvgIpc) is 2.55. The van der Waals surface area contributed by atoms with E-state index >= 15 is 0 Å². The summed E-state index contributed by atoms with van der Waals surface area (Å²) in [5, 5.41) is 0. The summed E-state index contributed by atoms with van der Waals surface area (Å²) in [6.45, 7) is 0. The first-order valence-electron chi connectivity index (χ1n) is 6.55. The Morgan fingerprint density at radius 3 is 0.897 bits per heavy atom. The van der Waals surface area contributed by atoms with Crippen molar-refractivity contribution in [2.45, 2.75) is 12.4 Å². The summed E-state index contributed by atoms with van der Waals surface area (Å²) in [6, 6.07) is 0. The van der Waals surface area contributed by atoms with Crippen LogP contribution in [0.25, 0.3) is 0 Å². The average molecular weight is 450 g/mol. The van der Waals surface area contributed by atoms with Gasteiger partial charge in [0.15, 0.2) is 34.9 Å². The van der Waals surface area contributed by atoms with Gasteiger partial charge in [0.1, 0.15) is 11.1 Å². The summed E-state index contributed by atoms with van der Waals surface area (Å²) in [4.78, 5) is 0. The van der Waals surface area contributed by atoms with Gasteiger partial charge in [-0.1, -0.05) is 0 Å². The molecule has 0 aliphatic heterocycles. The van der Waals surface area contributed by atoms with E-state index < -0.39 is 81.5 Å². The largest absolute Gasteiger partial charge is 0.445 e. The van der Waals surface area contributed by atoms with E-state index in [9.17, 15) is 61.5 Å². The van der Waals surface area contributed by atoms with Crippen LogP contribution in [0.3, 0.4) is 0 Å². The van der Waals surface area contributed by atoms with Gasteiger partial charge >= 0.3 is 12.4 Å². The molecule has 0 aliphatic rings. The van der Waals surface area contributed by atoms with Crippen LogP contribution in [-0.4, -0.2) is 0 Å². The third kappa shape index (κ3) is 3.64. The predicted octanol–water partition coefficient (Wildman–Crippen LogP) is 6.63. The van der Waals surface area contributed by atoms with Crippen LogP contribution >= 0.6 is 0 Å². The Labute approximate surface area is 149 Å². The normalized spacial score (nSPS) is 12.5. The molecule has 0 bridgehead atoms. The molecule has 15 heteroatoms. The van der Waals surface area contributed by atoms with Crippen molar-refractivity contribution in [3.05, 3.63) is 57.7 Å². The van der Waals surface area contributed by atoms with Crippen molar-refractivity contribution in [1.29, 1.82) is 0 Å². The maximum absolute atomic E-state index is 13.8. The molecular formula is C14F14O. The second-order valence-corrected chi connectivity index (χ2v) is 5.02. The van der Waals surface area contributed by atoms with Crippen molar-refractivity contribution in [3.63, 3.8) is 0 Å². The summed E-state index contributed by atoms with van der Waals surface area (Å²) in [5.41, 5.74) is -6.35. The van der Waals surface area contributed by atoms with Crippen LogP contribution in [0, 0.1) is 46.5 Å². The molecule has 1 nitrogen and oxygen atoms in total. The van der Waals surface area contributed by atoms with E-state index in [1.165, 1.54) is 0 Å². The summed E-state index contributed by atoms with van der Waals surface area (Å²) in [6.07, 6.45) is -12.2. The molecule has 160 valence electrons. The monoisotopic (exact) mass is 450 g/mol. The van der Waals surface area contributed by atoms with Gasteiger partial charge in [-0.25, -0.2) is 26.3 Å². The van der Waals surface area contributed by atoms with Crippen molar-refractivity contribution in [2.75, 3.05) is 0 Å². The van der Waals surface area contributed by atoms with Gasteiger partial charge in [-0.2, -0.15) is 35.1 Å². The van der Waals surface area contributed by atoms with Crippen LogP contribution in [0.1, 0.15) is 11.1 Å². The van der Waals surface area contributed by atoms with Gasteiger partial charge in [-0.15, -0.1) is 0 Å². The highest BCUT2D eigenvalue weighted by atomic mass is 19.4. The lowest BCUT2D eigenvalue weighted by atomic mass is 10.1. The number of hydrogen-bond donors (Lipinski definition) is 0. The fourth-order valence-corrected chi connectivity index (χ4v) is 2.00. The van der Waals surface area contributed by atoms with Gasteiger partial charge in [-0.3, -0.25) is 0 Å². The zero-order valence-electron chi connectivity index (χ0n) is 12.7. The molecule has 29 heavy (non-hydrogen) atoms. The number of rotatable bonds is 2. The maximum atomic E-state index is 13.8.